The van der Waals surface area contributed by atoms with Crippen molar-refractivity contribution in [2.45, 2.75) is 205 Å². The zero-order valence-electron chi connectivity index (χ0n) is 55.2. The van der Waals surface area contributed by atoms with Crippen molar-refractivity contribution in [1.29, 1.82) is 0 Å². The summed E-state index contributed by atoms with van der Waals surface area (Å²) >= 11 is 2.44. The van der Waals surface area contributed by atoms with Crippen LogP contribution in [0.2, 0.25) is 0 Å². The second kappa shape index (κ2) is 44.7. The number of aliphatic hydroxyl groups is 3. The molecule has 38 heteroatoms. The van der Waals surface area contributed by atoms with Crippen LogP contribution in [0.5, 0.6) is 0 Å². The molecule has 14 atom stereocenters. The topological polar surface area (TPSA) is 591 Å². The van der Waals surface area contributed by atoms with Crippen LogP contribution in [-0.2, 0) is 76.7 Å². The molecule has 36 nitrogen and oxygen atoms in total. The quantitative estimate of drug-likeness (QED) is 0.0269. The Kier molecular flexibility index (Phi) is 40.9. The largest absolute Gasteiger partial charge is 0.481 e. The van der Waals surface area contributed by atoms with E-state index in [-0.39, 0.29) is 61.9 Å². The molecular weight excluding hydrogens is 1300 g/mol. The van der Waals surface area contributed by atoms with Crippen LogP contribution < -0.4 is 75.3 Å². The van der Waals surface area contributed by atoms with Crippen LogP contribution in [-0.4, -0.2) is 247 Å². The Labute approximate surface area is 558 Å². The third-order valence-electron chi connectivity index (χ3n) is 13.9. The van der Waals surface area contributed by atoms with E-state index in [2.05, 4.69) is 58.5 Å². The highest BCUT2D eigenvalue weighted by molar-refractivity contribution is 7.98. The Hall–Kier alpha value is -7.94. The van der Waals surface area contributed by atoms with Crippen molar-refractivity contribution >= 4 is 118 Å². The average molecular weight is 1400 g/mol. The fourth-order valence-corrected chi connectivity index (χ4v) is 9.66. The van der Waals surface area contributed by atoms with Crippen molar-refractivity contribution in [3.05, 3.63) is 0 Å². The molecule has 0 heterocycles. The lowest BCUT2D eigenvalue weighted by Crippen LogP contribution is -2.62. The minimum Gasteiger partial charge on any atom is -0.481 e. The fraction of sp³-hybridized carbons (Fsp3) is 0.719. The molecule has 0 spiro atoms. The van der Waals surface area contributed by atoms with Crippen molar-refractivity contribution in [2.24, 2.45) is 29.2 Å². The first-order valence-electron chi connectivity index (χ1n) is 30.5. The van der Waals surface area contributed by atoms with Gasteiger partial charge in [-0.05, 0) is 101 Å². The molecule has 0 aromatic carbocycles. The summed E-state index contributed by atoms with van der Waals surface area (Å²) in [6, 6.07) is -19.5. The highest BCUT2D eigenvalue weighted by Gasteiger charge is 2.39. The van der Waals surface area contributed by atoms with Crippen LogP contribution in [0.15, 0.2) is 0 Å². The lowest BCUT2D eigenvalue weighted by molar-refractivity contribution is -0.146. The summed E-state index contributed by atoms with van der Waals surface area (Å²) < 4.78 is 0. The number of carbonyl (C=O) groups excluding carboxylic acids is 13. The van der Waals surface area contributed by atoms with Gasteiger partial charge in [0.2, 0.25) is 76.8 Å². The molecule has 0 aromatic heterocycles. The summed E-state index contributed by atoms with van der Waals surface area (Å²) in [5.74, 6) is -19.0. The number of carboxylic acid groups (broad SMARTS) is 3. The maximum absolute atomic E-state index is 14.1. The van der Waals surface area contributed by atoms with E-state index in [1.807, 2.05) is 5.32 Å². The SMILES string of the molecule is CSCC[C@H](NC(=O)[C@H](CCC(=O)O)NC(=O)[C@H](CO)NC(=O)[C@H](CC(C)C)NC(=O)[C@H](CC(C)C)NC(=O)[C@H](C)NC(=O)[C@H](CCC(N)=O)NC(=O)CN)C(=O)N[C@H](C(=O)N[C@@H](CCSC)C(=O)N[C@H](C(=O)N[C@@H](CC(=O)O)C(=O)N[C@H](C(=O)O)[C@@H](C)O)C(C)C)[C@@H](C)O. The van der Waals surface area contributed by atoms with Gasteiger partial charge in [0.05, 0.1) is 31.8 Å². The van der Waals surface area contributed by atoms with E-state index in [1.54, 1.807) is 40.2 Å². The van der Waals surface area contributed by atoms with Crippen LogP contribution in [0.4, 0.5) is 0 Å². The standard InChI is InChI=1S/C57H98N14O22S2/c1-25(2)20-35(65-46(81)28(7)60-47(82)31(12-14-39(59)75)61-40(76)23-58)51(86)66-36(21-26(3)4)52(87)68-38(24-72)54(89)62-32(13-15-41(77)78)48(83)63-33(16-18-94-10)50(85)70-44(29(8)73)56(91)64-34(17-19-95-11)49(84)69-43(27(5)6)55(90)67-37(22-42(79)80)53(88)71-45(30(9)74)57(92)93/h25-38,43-45,72-74H,12-24,58H2,1-11H3,(H2,59,75)(H,60,82)(H,61,76)(H,62,89)(H,63,83)(H,64,91)(H,65,81)(H,66,86)(H,67,90)(H,68,87)(H,69,84)(H,70,85)(H,71,88)(H,77,78)(H,79,80)(H,92,93)/t28-,29+,30+,31-,32-,33-,34-,35-,36-,37-,38-,43-,44-,45-/m0/s1. The number of nitrogens with two attached hydrogens (primary N) is 2. The lowest BCUT2D eigenvalue weighted by atomic mass is 9.99. The maximum Gasteiger partial charge on any atom is 0.328 e. The molecule has 95 heavy (non-hydrogen) atoms. The molecule has 540 valence electrons. The third kappa shape index (κ3) is 33.8. The van der Waals surface area contributed by atoms with Crippen molar-refractivity contribution in [2.75, 3.05) is 37.2 Å². The second-order valence-electron chi connectivity index (χ2n) is 23.5. The number of carbonyl (C=O) groups is 16. The first-order chi connectivity index (χ1) is 44.2. The number of amides is 13. The van der Waals surface area contributed by atoms with Gasteiger partial charge < -0.3 is 106 Å². The molecule has 0 aliphatic heterocycles. The van der Waals surface area contributed by atoms with Crippen LogP contribution in [0.1, 0.15) is 120 Å². The van der Waals surface area contributed by atoms with Gasteiger partial charge >= 0.3 is 17.9 Å². The van der Waals surface area contributed by atoms with Gasteiger partial charge in [0.15, 0.2) is 6.04 Å². The number of carboxylic acids is 3. The predicted octanol–water partition coefficient (Wildman–Crippen LogP) is -6.52. The van der Waals surface area contributed by atoms with Gasteiger partial charge in [-0.1, -0.05) is 41.5 Å². The van der Waals surface area contributed by atoms with Crippen LogP contribution in [0, 0.1) is 17.8 Å². The van der Waals surface area contributed by atoms with E-state index in [0.717, 1.165) is 13.8 Å². The van der Waals surface area contributed by atoms with Gasteiger partial charge in [0, 0.05) is 12.8 Å². The summed E-state index contributed by atoms with van der Waals surface area (Å²) in [4.78, 5) is 210. The van der Waals surface area contributed by atoms with Gasteiger partial charge in [0.1, 0.15) is 66.5 Å². The lowest BCUT2D eigenvalue weighted by Gasteiger charge is -2.29. The molecule has 0 aromatic rings. The highest BCUT2D eigenvalue weighted by atomic mass is 32.2. The van der Waals surface area contributed by atoms with E-state index in [1.165, 1.54) is 44.3 Å². The summed E-state index contributed by atoms with van der Waals surface area (Å²) in [5, 5.41) is 87.9. The Balaban J connectivity index is 6.74. The molecule has 0 rings (SSSR count). The maximum atomic E-state index is 14.1. The number of aliphatic carboxylic acids is 3. The predicted molar refractivity (Wildman–Crippen MR) is 343 cm³/mol. The molecule has 0 aliphatic carbocycles. The molecular formula is C57H98N14O22S2. The Morgan fingerprint density at radius 1 is 0.389 bits per heavy atom. The Morgan fingerprint density at radius 2 is 0.737 bits per heavy atom. The number of rotatable bonds is 47. The minimum absolute atomic E-state index is 0.00702. The molecule has 0 unspecified atom stereocenters. The molecule has 0 aliphatic rings. The molecule has 0 saturated carbocycles. The van der Waals surface area contributed by atoms with E-state index in [0.29, 0.717) is 0 Å². The number of primary amides is 1. The second-order valence-corrected chi connectivity index (χ2v) is 25.5. The smallest absolute Gasteiger partial charge is 0.328 e. The molecule has 0 saturated heterocycles. The van der Waals surface area contributed by atoms with Crippen molar-refractivity contribution in [3.63, 3.8) is 0 Å². The van der Waals surface area contributed by atoms with Crippen LogP contribution in [0.25, 0.3) is 0 Å². The Morgan fingerprint density at radius 3 is 1.15 bits per heavy atom. The van der Waals surface area contributed by atoms with Crippen LogP contribution >= 0.6 is 23.5 Å². The van der Waals surface area contributed by atoms with E-state index in [4.69, 9.17) is 11.5 Å². The number of nitrogens with one attached hydrogen (secondary N) is 12. The molecule has 0 fully saturated rings. The van der Waals surface area contributed by atoms with Gasteiger partial charge in [-0.3, -0.25) is 71.9 Å². The summed E-state index contributed by atoms with van der Waals surface area (Å²) in [6.07, 6.45) is -3.46. The first kappa shape index (κ1) is 87.1. The van der Waals surface area contributed by atoms with E-state index >= 15 is 0 Å². The van der Waals surface area contributed by atoms with Gasteiger partial charge in [-0.2, -0.15) is 23.5 Å². The highest BCUT2D eigenvalue weighted by Crippen LogP contribution is 2.13. The Bertz CT molecular complexity index is 2650. The third-order valence-corrected chi connectivity index (χ3v) is 15.2. The van der Waals surface area contributed by atoms with Gasteiger partial charge in [-0.15, -0.1) is 0 Å². The zero-order chi connectivity index (χ0) is 73.1. The van der Waals surface area contributed by atoms with E-state index < -0.39 is 218 Å². The van der Waals surface area contributed by atoms with Crippen molar-refractivity contribution in [1.82, 2.24) is 63.8 Å². The number of thioether (sulfide) groups is 2. The fourth-order valence-electron chi connectivity index (χ4n) is 8.72. The summed E-state index contributed by atoms with van der Waals surface area (Å²) in [5.41, 5.74) is 10.6. The normalized spacial score (nSPS) is 15.6. The van der Waals surface area contributed by atoms with Crippen LogP contribution in [0.3, 0.4) is 0 Å². The number of aliphatic hydroxyl groups excluding tert-OH is 3. The molecule has 0 radical (unpaired) electrons. The summed E-state index contributed by atoms with van der Waals surface area (Å²) in [6.45, 7) is 11.6. The summed E-state index contributed by atoms with van der Waals surface area (Å²) in [7, 11) is 0. The van der Waals surface area contributed by atoms with E-state index in [9.17, 15) is 107 Å². The van der Waals surface area contributed by atoms with Crippen molar-refractivity contribution < 1.29 is 107 Å². The average Bonchev–Trinajstić information content (AvgIpc) is 0.908. The number of hydrogen-bond acceptors (Lipinski definition) is 22. The van der Waals surface area contributed by atoms with Gasteiger partial charge in [0.25, 0.3) is 0 Å². The number of hydrogen-bond donors (Lipinski definition) is 20. The molecule has 13 amide bonds. The van der Waals surface area contributed by atoms with Gasteiger partial charge in [-0.25, -0.2) is 4.79 Å². The monoisotopic (exact) mass is 1390 g/mol. The molecule has 22 N–H and O–H groups in total. The zero-order valence-corrected chi connectivity index (χ0v) is 56.8. The molecule has 0 bridgehead atoms. The minimum atomic E-state index is -1.91. The first-order valence-corrected chi connectivity index (χ1v) is 33.3. The van der Waals surface area contributed by atoms with Crippen molar-refractivity contribution in [3.8, 4) is 0 Å².